The third-order valence-corrected chi connectivity index (χ3v) is 3.63. The average molecular weight is 418 g/mol. The van der Waals surface area contributed by atoms with Crippen molar-refractivity contribution < 1.29 is 4.74 Å². The second kappa shape index (κ2) is 9.56. The highest BCUT2D eigenvalue weighted by Gasteiger charge is 1.98. The van der Waals surface area contributed by atoms with Crippen LogP contribution in [0.25, 0.3) is 0 Å². The molecule has 0 aliphatic rings. The summed E-state index contributed by atoms with van der Waals surface area (Å²) in [5, 5.41) is 5.18. The van der Waals surface area contributed by atoms with Crippen LogP contribution in [0.5, 0.6) is 5.88 Å². The number of thiophene rings is 1. The van der Waals surface area contributed by atoms with Crippen LogP contribution in [0.1, 0.15) is 10.4 Å². The lowest BCUT2D eigenvalue weighted by Gasteiger charge is -2.05. The van der Waals surface area contributed by atoms with E-state index in [2.05, 4.69) is 26.7 Å². The molecule has 0 aromatic carbocycles. The molecular weight excluding hydrogens is 399 g/mol. The Balaban J connectivity index is 0.00000220. The van der Waals surface area contributed by atoms with Crippen molar-refractivity contribution in [2.24, 2.45) is 10.7 Å². The van der Waals surface area contributed by atoms with E-state index in [4.69, 9.17) is 10.5 Å². The van der Waals surface area contributed by atoms with Gasteiger partial charge in [0.2, 0.25) is 5.88 Å². The predicted octanol–water partition coefficient (Wildman–Crippen LogP) is 2.42. The average Bonchev–Trinajstić information content (AvgIpc) is 2.98. The van der Waals surface area contributed by atoms with E-state index in [0.717, 1.165) is 18.5 Å². The Morgan fingerprint density at radius 3 is 3.05 bits per heavy atom. The van der Waals surface area contributed by atoms with Gasteiger partial charge in [-0.1, -0.05) is 6.07 Å². The maximum atomic E-state index is 5.83. The fraction of sp³-hybridized carbons (Fsp3) is 0.286. The molecule has 0 aliphatic heterocycles. The van der Waals surface area contributed by atoms with Crippen LogP contribution in [0.2, 0.25) is 0 Å². The fourth-order valence-corrected chi connectivity index (χ4v) is 2.37. The molecule has 2 rings (SSSR count). The van der Waals surface area contributed by atoms with Gasteiger partial charge in [-0.15, -0.1) is 35.3 Å². The lowest BCUT2D eigenvalue weighted by molar-refractivity contribution is 0.397. The smallest absolute Gasteiger partial charge is 0.213 e. The Hall–Kier alpha value is -1.35. The topological polar surface area (TPSA) is 72.5 Å². The monoisotopic (exact) mass is 418 g/mol. The molecule has 0 saturated heterocycles. The predicted molar refractivity (Wildman–Crippen MR) is 97.6 cm³/mol. The molecule has 0 saturated carbocycles. The Labute approximate surface area is 145 Å². The van der Waals surface area contributed by atoms with E-state index in [9.17, 15) is 0 Å². The Morgan fingerprint density at radius 1 is 1.48 bits per heavy atom. The van der Waals surface area contributed by atoms with E-state index in [0.29, 0.717) is 18.4 Å². The van der Waals surface area contributed by atoms with Crippen LogP contribution in [0.15, 0.2) is 40.8 Å². The zero-order valence-electron chi connectivity index (χ0n) is 11.8. The number of guanidine groups is 1. The van der Waals surface area contributed by atoms with Crippen molar-refractivity contribution in [3.8, 4) is 5.88 Å². The number of aromatic nitrogens is 1. The van der Waals surface area contributed by atoms with E-state index in [1.54, 1.807) is 24.6 Å². The fourth-order valence-electron chi connectivity index (χ4n) is 1.66. The van der Waals surface area contributed by atoms with Crippen molar-refractivity contribution in [2.45, 2.75) is 13.0 Å². The van der Waals surface area contributed by atoms with Gasteiger partial charge in [0.1, 0.15) is 0 Å². The molecule has 3 N–H and O–H groups in total. The Morgan fingerprint density at radius 2 is 2.33 bits per heavy atom. The van der Waals surface area contributed by atoms with Gasteiger partial charge in [-0.25, -0.2) is 9.98 Å². The van der Waals surface area contributed by atoms with Crippen LogP contribution in [0.3, 0.4) is 0 Å². The number of hydrogen-bond donors (Lipinski definition) is 2. The minimum atomic E-state index is 0. The molecule has 0 radical (unpaired) electrons. The number of aliphatic imine (C=N–C) groups is 1. The molecular formula is C14H19IN4OS. The number of rotatable bonds is 6. The number of hydrogen-bond acceptors (Lipinski definition) is 4. The summed E-state index contributed by atoms with van der Waals surface area (Å²) in [6.07, 6.45) is 2.65. The maximum absolute atomic E-state index is 5.83. The Bertz CT molecular complexity index is 560. The van der Waals surface area contributed by atoms with E-state index in [1.165, 1.54) is 4.88 Å². The van der Waals surface area contributed by atoms with Gasteiger partial charge in [-0.2, -0.15) is 0 Å². The normalized spacial score (nSPS) is 10.8. The molecule has 5 nitrogen and oxygen atoms in total. The zero-order chi connectivity index (χ0) is 14.2. The van der Waals surface area contributed by atoms with Crippen molar-refractivity contribution in [1.29, 1.82) is 0 Å². The number of nitrogens with two attached hydrogens (primary N) is 1. The van der Waals surface area contributed by atoms with Crippen LogP contribution in [-0.2, 0) is 13.0 Å². The molecule has 0 atom stereocenters. The first-order valence-corrected chi connectivity index (χ1v) is 7.21. The minimum absolute atomic E-state index is 0. The number of methoxy groups -OCH3 is 1. The molecule has 0 aliphatic carbocycles. The number of ether oxygens (including phenoxy) is 1. The highest BCUT2D eigenvalue weighted by molar-refractivity contribution is 14.0. The molecule has 0 spiro atoms. The first kappa shape index (κ1) is 17.7. The van der Waals surface area contributed by atoms with Crippen molar-refractivity contribution in [3.05, 3.63) is 46.3 Å². The lowest BCUT2D eigenvalue weighted by atomic mass is 10.3. The van der Waals surface area contributed by atoms with Gasteiger partial charge in [0.05, 0.1) is 13.7 Å². The molecule has 0 bridgehead atoms. The summed E-state index contributed by atoms with van der Waals surface area (Å²) in [4.78, 5) is 9.68. The van der Waals surface area contributed by atoms with E-state index in [-0.39, 0.29) is 24.0 Å². The summed E-state index contributed by atoms with van der Waals surface area (Å²) >= 11 is 1.75. The van der Waals surface area contributed by atoms with Crippen LogP contribution in [-0.4, -0.2) is 24.6 Å². The molecule has 21 heavy (non-hydrogen) atoms. The largest absolute Gasteiger partial charge is 0.481 e. The molecule has 2 heterocycles. The summed E-state index contributed by atoms with van der Waals surface area (Å²) in [6.45, 7) is 1.30. The number of halogens is 1. The first-order valence-electron chi connectivity index (χ1n) is 6.33. The molecule has 0 amide bonds. The van der Waals surface area contributed by atoms with Crippen LogP contribution in [0, 0.1) is 0 Å². The first-order chi connectivity index (χ1) is 9.78. The van der Waals surface area contributed by atoms with E-state index >= 15 is 0 Å². The van der Waals surface area contributed by atoms with E-state index < -0.39 is 0 Å². The van der Waals surface area contributed by atoms with Crippen molar-refractivity contribution in [2.75, 3.05) is 13.7 Å². The van der Waals surface area contributed by atoms with Crippen molar-refractivity contribution >= 4 is 41.3 Å². The SMILES string of the molecule is COc1cc(CN=C(N)NCCc2cccs2)ccn1.I. The Kier molecular flexibility index (Phi) is 8.06. The zero-order valence-corrected chi connectivity index (χ0v) is 14.9. The van der Waals surface area contributed by atoms with Crippen molar-refractivity contribution in [3.63, 3.8) is 0 Å². The summed E-state index contributed by atoms with van der Waals surface area (Å²) in [6, 6.07) is 7.91. The third-order valence-electron chi connectivity index (χ3n) is 2.70. The van der Waals surface area contributed by atoms with Crippen LogP contribution in [0.4, 0.5) is 0 Å². The minimum Gasteiger partial charge on any atom is -0.481 e. The van der Waals surface area contributed by atoms with Gasteiger partial charge in [-0.05, 0) is 29.5 Å². The molecule has 2 aromatic heterocycles. The number of nitrogens with one attached hydrogen (secondary N) is 1. The second-order valence-corrected chi connectivity index (χ2v) is 5.20. The quantitative estimate of drug-likeness (QED) is 0.430. The van der Waals surface area contributed by atoms with Gasteiger partial charge in [0.25, 0.3) is 0 Å². The highest BCUT2D eigenvalue weighted by Crippen LogP contribution is 2.09. The van der Waals surface area contributed by atoms with Crippen LogP contribution < -0.4 is 15.8 Å². The van der Waals surface area contributed by atoms with Crippen LogP contribution >= 0.6 is 35.3 Å². The summed E-state index contributed by atoms with van der Waals surface area (Å²) < 4.78 is 5.06. The van der Waals surface area contributed by atoms with Crippen molar-refractivity contribution in [1.82, 2.24) is 10.3 Å². The number of pyridine rings is 1. The van der Waals surface area contributed by atoms with Gasteiger partial charge >= 0.3 is 0 Å². The second-order valence-electron chi connectivity index (χ2n) is 4.16. The number of nitrogens with zero attached hydrogens (tertiary/aromatic N) is 2. The molecule has 7 heteroatoms. The summed E-state index contributed by atoms with van der Waals surface area (Å²) in [5.41, 5.74) is 6.84. The standard InChI is InChI=1S/C14H18N4OS.HI/c1-19-13-9-11(4-6-16-13)10-18-14(15)17-7-5-12-3-2-8-20-12;/h2-4,6,8-9H,5,7,10H2,1H3,(H3,15,17,18);1H. The maximum Gasteiger partial charge on any atom is 0.213 e. The molecule has 114 valence electrons. The van der Waals surface area contributed by atoms with E-state index in [1.807, 2.05) is 18.2 Å². The van der Waals surface area contributed by atoms with Gasteiger partial charge < -0.3 is 15.8 Å². The van der Waals surface area contributed by atoms with Gasteiger partial charge in [0, 0.05) is 23.7 Å². The highest BCUT2D eigenvalue weighted by atomic mass is 127. The molecule has 2 aromatic rings. The molecule has 0 fully saturated rings. The summed E-state index contributed by atoms with van der Waals surface area (Å²) in [7, 11) is 1.59. The summed E-state index contributed by atoms with van der Waals surface area (Å²) in [5.74, 6) is 1.04. The molecule has 0 unspecified atom stereocenters. The lowest BCUT2D eigenvalue weighted by Crippen LogP contribution is -2.33. The third kappa shape index (κ3) is 6.30. The van der Waals surface area contributed by atoms with Gasteiger partial charge in [0.15, 0.2) is 5.96 Å². The van der Waals surface area contributed by atoms with Gasteiger partial charge in [-0.3, -0.25) is 0 Å².